The molecule has 4 aliphatic rings. The van der Waals surface area contributed by atoms with E-state index in [-0.39, 0.29) is 42.1 Å². The number of amides is 1. The maximum absolute atomic E-state index is 12.2. The summed E-state index contributed by atoms with van der Waals surface area (Å²) in [5.41, 5.74) is 9.14. The summed E-state index contributed by atoms with van der Waals surface area (Å²) >= 11 is 6.47. The fraction of sp³-hybridized carbons (Fsp3) is 0.552. The Labute approximate surface area is 269 Å². The van der Waals surface area contributed by atoms with Crippen LogP contribution in [0.15, 0.2) is 30.5 Å². The number of morpholine rings is 1. The summed E-state index contributed by atoms with van der Waals surface area (Å²) in [5.74, 6) is 1.55. The first-order chi connectivity index (χ1) is 20.5. The molecule has 2 heterocycles. The number of hydrogen-bond acceptors (Lipinski definition) is 10. The van der Waals surface area contributed by atoms with E-state index in [1.165, 1.54) is 11.1 Å². The van der Waals surface area contributed by atoms with Crippen LogP contribution < -0.4 is 21.1 Å². The van der Waals surface area contributed by atoms with Crippen LogP contribution in [0.4, 0.5) is 17.5 Å². The summed E-state index contributed by atoms with van der Waals surface area (Å²) in [5, 5.41) is 7.15. The van der Waals surface area contributed by atoms with Crippen LogP contribution in [0.1, 0.15) is 30.4 Å². The predicted molar refractivity (Wildman–Crippen MR) is 172 cm³/mol. The average Bonchev–Trinajstić information content (AvgIpc) is 3.50. The number of nitrogens with two attached hydrogens (primary N) is 1. The average molecular weight is 672 g/mol. The number of methoxy groups -OCH3 is 1. The van der Waals surface area contributed by atoms with E-state index in [1.54, 1.807) is 13.3 Å². The molecule has 6 rings (SSSR count). The number of nitrogens with one attached hydrogen (secondary N) is 2. The summed E-state index contributed by atoms with van der Waals surface area (Å²) in [6.45, 7) is 3.66. The predicted octanol–water partition coefficient (Wildman–Crippen LogP) is 3.48. The summed E-state index contributed by atoms with van der Waals surface area (Å²) in [7, 11) is -1.95. The number of carbonyl (C=O) groups is 1. The molecule has 2 bridgehead atoms. The second-order valence-electron chi connectivity index (χ2n) is 11.5. The third kappa shape index (κ3) is 8.12. The van der Waals surface area contributed by atoms with Crippen molar-refractivity contribution in [3.63, 3.8) is 0 Å². The van der Waals surface area contributed by atoms with Crippen molar-refractivity contribution < 1.29 is 27.2 Å². The largest absolute Gasteiger partial charge is 0.494 e. The Bertz CT molecular complexity index is 1460. The molecule has 15 heteroatoms. The monoisotopic (exact) mass is 670 g/mol. The lowest BCUT2D eigenvalue weighted by molar-refractivity contribution is -0.122. The molecule has 5 atom stereocenters. The van der Waals surface area contributed by atoms with E-state index >= 15 is 0 Å². The van der Waals surface area contributed by atoms with E-state index in [0.29, 0.717) is 29.1 Å². The molecule has 242 valence electrons. The number of hydrogen-bond donors (Lipinski definition) is 4. The number of rotatable bonds is 7. The lowest BCUT2D eigenvalue weighted by atomic mass is 9.88. The summed E-state index contributed by atoms with van der Waals surface area (Å²) < 4.78 is 37.4. The van der Waals surface area contributed by atoms with Crippen molar-refractivity contribution in [2.24, 2.45) is 23.5 Å². The number of anilines is 3. The third-order valence-electron chi connectivity index (χ3n) is 8.68. The van der Waals surface area contributed by atoms with Crippen LogP contribution in [-0.4, -0.2) is 85.5 Å². The van der Waals surface area contributed by atoms with Crippen molar-refractivity contribution >= 4 is 57.5 Å². The Morgan fingerprint density at radius 2 is 1.86 bits per heavy atom. The van der Waals surface area contributed by atoms with Crippen molar-refractivity contribution in [3.8, 4) is 5.75 Å². The van der Waals surface area contributed by atoms with Crippen LogP contribution in [0.2, 0.25) is 5.02 Å². The van der Waals surface area contributed by atoms with Gasteiger partial charge in [0.15, 0.2) is 5.82 Å². The number of nitrogens with zero attached hydrogens (tertiary/aromatic N) is 3. The fourth-order valence-corrected chi connectivity index (χ4v) is 6.95. The van der Waals surface area contributed by atoms with E-state index in [0.717, 1.165) is 69.8 Å². The van der Waals surface area contributed by atoms with Crippen LogP contribution in [-0.2, 0) is 32.5 Å². The number of allylic oxidation sites excluding steroid dienone is 1. The molecule has 44 heavy (non-hydrogen) atoms. The normalized spacial score (nSPS) is 26.0. The molecule has 1 saturated heterocycles. The van der Waals surface area contributed by atoms with Crippen molar-refractivity contribution in [3.05, 3.63) is 46.6 Å². The second kappa shape index (κ2) is 14.6. The number of ether oxygens (including phenoxy) is 2. The molecular weight excluding hydrogens is 631 g/mol. The highest BCUT2D eigenvalue weighted by atomic mass is 35.5. The molecule has 5 N–H and O–H groups in total. The van der Waals surface area contributed by atoms with E-state index in [2.05, 4.69) is 43.7 Å². The van der Waals surface area contributed by atoms with Gasteiger partial charge in [0.2, 0.25) is 11.9 Å². The number of primary amides is 1. The molecule has 2 fully saturated rings. The van der Waals surface area contributed by atoms with Crippen molar-refractivity contribution in [1.82, 2.24) is 14.9 Å². The third-order valence-corrected chi connectivity index (χ3v) is 8.96. The Hall–Kier alpha value is -2.68. The minimum absolute atomic E-state index is 0. The molecule has 1 aromatic carbocycles. The Kier molecular flexibility index (Phi) is 11.4. The van der Waals surface area contributed by atoms with Gasteiger partial charge >= 0.3 is 0 Å². The first kappa shape index (κ1) is 34.2. The minimum Gasteiger partial charge on any atom is -0.494 e. The van der Waals surface area contributed by atoms with Gasteiger partial charge in [0.25, 0.3) is 10.1 Å². The Morgan fingerprint density at radius 1 is 1.18 bits per heavy atom. The molecule has 2 aromatic rings. The maximum Gasteiger partial charge on any atom is 0.261 e. The Balaban J connectivity index is 0.000000683. The first-order valence-electron chi connectivity index (χ1n) is 14.5. The smallest absolute Gasteiger partial charge is 0.261 e. The molecule has 1 aromatic heterocycles. The van der Waals surface area contributed by atoms with Crippen molar-refractivity contribution in [2.75, 3.05) is 50.3 Å². The van der Waals surface area contributed by atoms with Gasteiger partial charge in [0.05, 0.1) is 44.4 Å². The van der Waals surface area contributed by atoms with Crippen LogP contribution >= 0.6 is 24.0 Å². The second-order valence-corrected chi connectivity index (χ2v) is 13.3. The standard InChI is InChI=1S/C28H35ClN6O3.CH4O3S.ClH/c1-37-25-20-8-7-19(35-10-12-38-13-11-35)6-4-16(20)5-9-22(25)32-28-31-15-21(29)27(34-28)33-24-18-3-2-17(14-18)23(24)26(30)36;1-5(2,3)4;/h2-3,5,9,15,17-19,23-24H,4,6-8,10-14H2,1H3,(H2,30,36)(H2,31,32,33,34);1H3,(H,2,3,4);1H/t17-,18+,19+,23+,24-;;/m1../s1. The number of fused-ring (bicyclic) bond motifs is 3. The number of benzene rings is 1. The molecule has 1 amide bonds. The van der Waals surface area contributed by atoms with E-state index in [4.69, 9.17) is 31.4 Å². The summed E-state index contributed by atoms with van der Waals surface area (Å²) in [6.07, 6.45) is 11.7. The Morgan fingerprint density at radius 3 is 2.55 bits per heavy atom. The quantitative estimate of drug-likeness (QED) is 0.193. The van der Waals surface area contributed by atoms with Crippen LogP contribution in [0.3, 0.4) is 0 Å². The van der Waals surface area contributed by atoms with Crippen LogP contribution in [0, 0.1) is 17.8 Å². The zero-order chi connectivity index (χ0) is 30.7. The van der Waals surface area contributed by atoms with Gasteiger partial charge < -0.3 is 25.8 Å². The van der Waals surface area contributed by atoms with Gasteiger partial charge in [-0.3, -0.25) is 14.2 Å². The molecule has 12 nitrogen and oxygen atoms in total. The molecular formula is C29H40Cl2N6O6S. The fourth-order valence-electron chi connectivity index (χ4n) is 6.81. The lowest BCUT2D eigenvalue weighted by Crippen LogP contribution is -2.43. The van der Waals surface area contributed by atoms with E-state index < -0.39 is 10.1 Å². The topological polar surface area (TPSA) is 169 Å². The van der Waals surface area contributed by atoms with E-state index in [1.807, 2.05) is 6.07 Å². The zero-order valence-electron chi connectivity index (χ0n) is 24.7. The van der Waals surface area contributed by atoms with Crippen molar-refractivity contribution in [2.45, 2.75) is 44.2 Å². The van der Waals surface area contributed by atoms with Gasteiger partial charge in [-0.05, 0) is 61.1 Å². The molecule has 3 aliphatic carbocycles. The van der Waals surface area contributed by atoms with Crippen LogP contribution in [0.25, 0.3) is 0 Å². The number of aromatic nitrogens is 2. The zero-order valence-corrected chi connectivity index (χ0v) is 27.1. The first-order valence-corrected chi connectivity index (χ1v) is 16.7. The van der Waals surface area contributed by atoms with Crippen molar-refractivity contribution in [1.29, 1.82) is 0 Å². The molecule has 1 saturated carbocycles. The highest BCUT2D eigenvalue weighted by molar-refractivity contribution is 7.85. The molecule has 0 radical (unpaired) electrons. The van der Waals surface area contributed by atoms with Gasteiger partial charge in [-0.1, -0.05) is 29.8 Å². The van der Waals surface area contributed by atoms with Gasteiger partial charge in [-0.2, -0.15) is 13.4 Å². The number of carbonyl (C=O) groups excluding carboxylic acids is 1. The summed E-state index contributed by atoms with van der Waals surface area (Å²) in [4.78, 5) is 23.8. The number of aryl methyl sites for hydroxylation is 1. The van der Waals surface area contributed by atoms with Crippen LogP contribution in [0.5, 0.6) is 5.75 Å². The minimum atomic E-state index is -3.67. The highest BCUT2D eigenvalue weighted by Gasteiger charge is 2.47. The highest BCUT2D eigenvalue weighted by Crippen LogP contribution is 2.45. The molecule has 0 spiro atoms. The summed E-state index contributed by atoms with van der Waals surface area (Å²) in [6, 6.07) is 4.66. The van der Waals surface area contributed by atoms with Gasteiger partial charge in [0, 0.05) is 25.2 Å². The van der Waals surface area contributed by atoms with Gasteiger partial charge in [-0.15, -0.1) is 12.4 Å². The van der Waals surface area contributed by atoms with Gasteiger partial charge in [0.1, 0.15) is 10.8 Å². The lowest BCUT2D eigenvalue weighted by Gasteiger charge is -2.34. The molecule has 0 unspecified atom stereocenters. The SMILES string of the molecule is COc1c(Nc2ncc(Cl)c(N[C@H]3[C@@H](C(N)=O)[C@@H]4C=C[C@H]3C4)n2)ccc2c1CC[C@@H](N1CCOCC1)CC2.CS(=O)(=O)O.Cl. The number of halogens is 2. The molecule has 1 aliphatic heterocycles. The maximum atomic E-state index is 12.2. The van der Waals surface area contributed by atoms with Gasteiger partial charge in [-0.25, -0.2) is 4.98 Å². The van der Waals surface area contributed by atoms with E-state index in [9.17, 15) is 13.2 Å².